The molecule has 5 aliphatic carbocycles. The number of carbonyl (C=O) groups is 2. The first-order valence-corrected chi connectivity index (χ1v) is 13.9. The van der Waals surface area contributed by atoms with E-state index in [4.69, 9.17) is 0 Å². The van der Waals surface area contributed by atoms with Crippen LogP contribution in [-0.4, -0.2) is 56.9 Å². The molecule has 5 rings (SSSR count). The van der Waals surface area contributed by atoms with Gasteiger partial charge in [0.15, 0.2) is 0 Å². The number of aliphatic hydroxyl groups excluding tert-OH is 3. The number of hydrogen-bond donors (Lipinski definition) is 4. The molecule has 5 saturated carbocycles. The molecule has 12 atom stereocenters. The molecule has 0 heterocycles. The van der Waals surface area contributed by atoms with E-state index in [1.165, 1.54) is 0 Å². The lowest BCUT2D eigenvalue weighted by atomic mass is 9.32. The van der Waals surface area contributed by atoms with Crippen LogP contribution in [0.2, 0.25) is 0 Å². The molecule has 0 aromatic heterocycles. The summed E-state index contributed by atoms with van der Waals surface area (Å²) in [6.07, 6.45) is 4.85. The second kappa shape index (κ2) is 7.85. The van der Waals surface area contributed by atoms with Gasteiger partial charge in [-0.25, -0.2) is 0 Å². The molecule has 0 spiro atoms. The number of hydrogen-bond acceptors (Lipinski definition) is 6. The van der Waals surface area contributed by atoms with Gasteiger partial charge in [0, 0.05) is 24.2 Å². The maximum atomic E-state index is 13.7. The smallest absolute Gasteiger partial charge is 0.141 e. The summed E-state index contributed by atoms with van der Waals surface area (Å²) >= 11 is 0. The van der Waals surface area contributed by atoms with Crippen molar-refractivity contribution in [3.8, 4) is 0 Å². The molecule has 0 bridgehead atoms. The van der Waals surface area contributed by atoms with Gasteiger partial charge < -0.3 is 20.4 Å². The Kier molecular flexibility index (Phi) is 5.79. The van der Waals surface area contributed by atoms with Crippen molar-refractivity contribution in [2.24, 2.45) is 57.2 Å². The number of ketones is 2. The molecule has 0 aliphatic heterocycles. The highest BCUT2D eigenvalue weighted by molar-refractivity contribution is 5.86. The number of aliphatic hydroxyl groups is 4. The summed E-state index contributed by atoms with van der Waals surface area (Å²) < 4.78 is 0. The summed E-state index contributed by atoms with van der Waals surface area (Å²) in [6, 6.07) is 0. The van der Waals surface area contributed by atoms with E-state index >= 15 is 0 Å². The van der Waals surface area contributed by atoms with Crippen LogP contribution < -0.4 is 0 Å². The van der Waals surface area contributed by atoms with Crippen LogP contribution >= 0.6 is 0 Å². The second-order valence-electron chi connectivity index (χ2n) is 14.3. The van der Waals surface area contributed by atoms with E-state index in [1.807, 2.05) is 6.92 Å². The van der Waals surface area contributed by atoms with Gasteiger partial charge in [-0.05, 0) is 85.9 Å². The minimum atomic E-state index is -1.22. The third kappa shape index (κ3) is 3.03. The third-order valence-corrected chi connectivity index (χ3v) is 13.2. The summed E-state index contributed by atoms with van der Waals surface area (Å²) in [5.41, 5.74) is -3.18. The highest BCUT2D eigenvalue weighted by atomic mass is 16.3. The predicted octanol–water partition coefficient (Wildman–Crippen LogP) is 3.13. The zero-order valence-corrected chi connectivity index (χ0v) is 22.2. The van der Waals surface area contributed by atoms with Crippen LogP contribution in [-0.2, 0) is 9.59 Å². The fourth-order valence-electron chi connectivity index (χ4n) is 11.0. The van der Waals surface area contributed by atoms with Crippen molar-refractivity contribution in [1.29, 1.82) is 0 Å². The fourth-order valence-corrected chi connectivity index (χ4v) is 11.0. The van der Waals surface area contributed by atoms with Crippen molar-refractivity contribution < 1.29 is 30.0 Å². The van der Waals surface area contributed by atoms with E-state index in [9.17, 15) is 30.0 Å². The van der Waals surface area contributed by atoms with Crippen molar-refractivity contribution >= 4 is 11.6 Å². The molecule has 198 valence electrons. The Balaban J connectivity index is 1.59. The van der Waals surface area contributed by atoms with Gasteiger partial charge in [0.2, 0.25) is 0 Å². The standard InChI is InChI=1S/C29H46O6/c1-25-11-10-22(33)26(2,14-30)21(25)12-23(34)29(5)20(25)9-8-17-24-16(19(32)13-27(17,29)3)6-7-18(24)28(4,35)15-31/h16-18,20-21,23-24,30-31,34-35H,6-15H2,1-5H3. The maximum absolute atomic E-state index is 13.7. The van der Waals surface area contributed by atoms with Crippen molar-refractivity contribution in [3.05, 3.63) is 0 Å². The van der Waals surface area contributed by atoms with Crippen LogP contribution in [0.25, 0.3) is 0 Å². The summed E-state index contributed by atoms with van der Waals surface area (Å²) in [4.78, 5) is 26.6. The van der Waals surface area contributed by atoms with E-state index < -0.39 is 27.9 Å². The van der Waals surface area contributed by atoms with Crippen molar-refractivity contribution in [2.75, 3.05) is 13.2 Å². The molecular formula is C29H46O6. The van der Waals surface area contributed by atoms with Crippen LogP contribution in [0, 0.1) is 57.2 Å². The minimum Gasteiger partial charge on any atom is -0.395 e. The second-order valence-corrected chi connectivity index (χ2v) is 14.3. The van der Waals surface area contributed by atoms with Crippen LogP contribution in [0.1, 0.15) is 86.0 Å². The SMILES string of the molecule is CC(O)(CO)C1CCC2C(=O)CC3(C)C(CCC4C5(C)CCC(=O)C(C)(CO)C5CC(O)C43C)C21. The van der Waals surface area contributed by atoms with E-state index in [2.05, 4.69) is 20.8 Å². The molecule has 5 aliphatic rings. The first kappa shape index (κ1) is 25.8. The van der Waals surface area contributed by atoms with Crippen LogP contribution in [0.4, 0.5) is 0 Å². The zero-order chi connectivity index (χ0) is 25.8. The van der Waals surface area contributed by atoms with Gasteiger partial charge in [0.1, 0.15) is 11.6 Å². The maximum Gasteiger partial charge on any atom is 0.141 e. The van der Waals surface area contributed by atoms with Gasteiger partial charge >= 0.3 is 0 Å². The molecule has 4 N–H and O–H groups in total. The molecule has 0 amide bonds. The molecule has 6 heteroatoms. The average Bonchev–Trinajstić information content (AvgIpc) is 3.26. The van der Waals surface area contributed by atoms with E-state index in [0.717, 1.165) is 32.1 Å². The Morgan fingerprint density at radius 3 is 2.31 bits per heavy atom. The van der Waals surface area contributed by atoms with Crippen LogP contribution in [0.3, 0.4) is 0 Å². The molecule has 12 unspecified atom stereocenters. The molecule has 0 aromatic carbocycles. The minimum absolute atomic E-state index is 0.0227. The zero-order valence-electron chi connectivity index (χ0n) is 22.2. The average molecular weight is 491 g/mol. The topological polar surface area (TPSA) is 115 Å². The number of rotatable bonds is 3. The lowest BCUT2D eigenvalue weighted by Gasteiger charge is -2.72. The van der Waals surface area contributed by atoms with Gasteiger partial charge in [-0.2, -0.15) is 0 Å². The molecule has 0 radical (unpaired) electrons. The monoisotopic (exact) mass is 490 g/mol. The molecule has 0 aromatic rings. The first-order valence-electron chi connectivity index (χ1n) is 13.9. The molecule has 6 nitrogen and oxygen atoms in total. The van der Waals surface area contributed by atoms with Crippen LogP contribution in [0.5, 0.6) is 0 Å². The summed E-state index contributed by atoms with van der Waals surface area (Å²) in [7, 11) is 0. The highest BCUT2D eigenvalue weighted by Crippen LogP contribution is 2.75. The van der Waals surface area contributed by atoms with E-state index in [-0.39, 0.29) is 65.7 Å². The van der Waals surface area contributed by atoms with Gasteiger partial charge in [-0.3, -0.25) is 9.59 Å². The molecule has 5 fully saturated rings. The lowest BCUT2D eigenvalue weighted by Crippen LogP contribution is -2.71. The summed E-state index contributed by atoms with van der Waals surface area (Å²) in [6.45, 7) is 9.78. The first-order chi connectivity index (χ1) is 16.2. The van der Waals surface area contributed by atoms with Gasteiger partial charge in [0.05, 0.1) is 30.3 Å². The highest BCUT2D eigenvalue weighted by Gasteiger charge is 2.73. The van der Waals surface area contributed by atoms with Crippen molar-refractivity contribution in [2.45, 2.75) is 97.7 Å². The van der Waals surface area contributed by atoms with E-state index in [0.29, 0.717) is 19.3 Å². The van der Waals surface area contributed by atoms with E-state index in [1.54, 1.807) is 6.92 Å². The lowest BCUT2D eigenvalue weighted by molar-refractivity contribution is -0.267. The Bertz CT molecular complexity index is 915. The van der Waals surface area contributed by atoms with Gasteiger partial charge in [-0.1, -0.05) is 27.7 Å². The summed E-state index contributed by atoms with van der Waals surface area (Å²) in [5, 5.41) is 43.4. The Morgan fingerprint density at radius 1 is 1.00 bits per heavy atom. The van der Waals surface area contributed by atoms with Crippen LogP contribution in [0.15, 0.2) is 0 Å². The van der Waals surface area contributed by atoms with Gasteiger partial charge in [0.25, 0.3) is 0 Å². The Morgan fingerprint density at radius 2 is 1.69 bits per heavy atom. The number of fused-ring (bicyclic) bond motifs is 7. The van der Waals surface area contributed by atoms with Gasteiger partial charge in [-0.15, -0.1) is 0 Å². The predicted molar refractivity (Wildman–Crippen MR) is 131 cm³/mol. The quantitative estimate of drug-likeness (QED) is 0.483. The molecule has 0 saturated heterocycles. The van der Waals surface area contributed by atoms with Crippen molar-refractivity contribution in [3.63, 3.8) is 0 Å². The number of carbonyl (C=O) groups excluding carboxylic acids is 2. The molecular weight excluding hydrogens is 444 g/mol. The largest absolute Gasteiger partial charge is 0.395 e. The number of Topliss-reactive ketones (excluding diaryl/α,β-unsaturated/α-hetero) is 2. The Labute approximate surface area is 209 Å². The van der Waals surface area contributed by atoms with Crippen molar-refractivity contribution in [1.82, 2.24) is 0 Å². The fraction of sp³-hybridized carbons (Fsp3) is 0.931. The normalized spacial score (nSPS) is 55.4. The summed E-state index contributed by atoms with van der Waals surface area (Å²) in [5.74, 6) is 0.447. The molecule has 35 heavy (non-hydrogen) atoms. The third-order valence-electron chi connectivity index (χ3n) is 13.2. The Hall–Kier alpha value is -0.820.